The highest BCUT2D eigenvalue weighted by atomic mass is 35.5. The van der Waals surface area contributed by atoms with Crippen molar-refractivity contribution < 1.29 is 14.6 Å². The Hall–Kier alpha value is -1.50. The lowest BCUT2D eigenvalue weighted by Crippen LogP contribution is -2.23. The van der Waals surface area contributed by atoms with Gasteiger partial charge in [0.2, 0.25) is 0 Å². The third-order valence-corrected chi connectivity index (χ3v) is 4.67. The lowest BCUT2D eigenvalue weighted by atomic mass is 10.2. The molecule has 3 N–H and O–H groups in total. The molecular weight excluding hydrogens is 399 g/mol. The van der Waals surface area contributed by atoms with Gasteiger partial charge in [-0.05, 0) is 50.2 Å². The molecule has 0 unspecified atom stereocenters. The minimum absolute atomic E-state index is 0.164. The van der Waals surface area contributed by atoms with E-state index in [4.69, 9.17) is 37.8 Å². The SMILES string of the molecule is CCOc1cc(CNCCCNCCO)cc(Cl)c1OCc1ccccc1Cl. The first-order valence-corrected chi connectivity index (χ1v) is 10.2. The topological polar surface area (TPSA) is 62.8 Å². The predicted octanol–water partition coefficient (Wildman–Crippen LogP) is 4.03. The van der Waals surface area contributed by atoms with E-state index in [9.17, 15) is 0 Å². The average Bonchev–Trinajstić information content (AvgIpc) is 2.68. The zero-order valence-corrected chi connectivity index (χ0v) is 17.7. The maximum Gasteiger partial charge on any atom is 0.180 e. The van der Waals surface area contributed by atoms with Gasteiger partial charge in [0.1, 0.15) is 6.61 Å². The Balaban J connectivity index is 1.95. The van der Waals surface area contributed by atoms with Gasteiger partial charge >= 0.3 is 0 Å². The summed E-state index contributed by atoms with van der Waals surface area (Å²) >= 11 is 12.7. The number of halogens is 2. The van der Waals surface area contributed by atoms with E-state index in [2.05, 4.69) is 10.6 Å². The summed E-state index contributed by atoms with van der Waals surface area (Å²) in [5.74, 6) is 1.16. The molecule has 0 amide bonds. The first-order chi connectivity index (χ1) is 13.7. The van der Waals surface area contributed by atoms with Crippen LogP contribution in [0.1, 0.15) is 24.5 Å². The van der Waals surface area contributed by atoms with E-state index >= 15 is 0 Å². The Labute approximate surface area is 177 Å². The number of hydrogen-bond acceptors (Lipinski definition) is 5. The Bertz CT molecular complexity index is 729. The number of nitrogens with one attached hydrogen (secondary N) is 2. The van der Waals surface area contributed by atoms with Crippen LogP contribution in [0.15, 0.2) is 36.4 Å². The van der Waals surface area contributed by atoms with Crippen LogP contribution in [-0.4, -0.2) is 38.0 Å². The molecule has 0 saturated heterocycles. The molecule has 154 valence electrons. The molecule has 28 heavy (non-hydrogen) atoms. The van der Waals surface area contributed by atoms with Gasteiger partial charge in [0.25, 0.3) is 0 Å². The Morgan fingerprint density at radius 3 is 2.50 bits per heavy atom. The Morgan fingerprint density at radius 2 is 1.75 bits per heavy atom. The number of aliphatic hydroxyl groups is 1. The van der Waals surface area contributed by atoms with E-state index in [0.29, 0.717) is 47.8 Å². The zero-order chi connectivity index (χ0) is 20.2. The number of rotatable bonds is 13. The molecule has 2 rings (SSSR count). The lowest BCUT2D eigenvalue weighted by molar-refractivity contribution is 0.269. The maximum absolute atomic E-state index is 8.73. The maximum atomic E-state index is 8.73. The normalized spacial score (nSPS) is 10.9. The quantitative estimate of drug-likeness (QED) is 0.422. The van der Waals surface area contributed by atoms with Crippen molar-refractivity contribution in [3.63, 3.8) is 0 Å². The Kier molecular flexibility index (Phi) is 10.5. The van der Waals surface area contributed by atoms with Crippen molar-refractivity contribution in [3.8, 4) is 11.5 Å². The van der Waals surface area contributed by atoms with Gasteiger partial charge in [0.15, 0.2) is 11.5 Å². The second kappa shape index (κ2) is 12.9. The van der Waals surface area contributed by atoms with Crippen molar-refractivity contribution in [2.45, 2.75) is 26.5 Å². The number of ether oxygens (including phenoxy) is 2. The summed E-state index contributed by atoms with van der Waals surface area (Å²) in [6.07, 6.45) is 0.977. The summed E-state index contributed by atoms with van der Waals surface area (Å²) in [6, 6.07) is 11.4. The molecule has 7 heteroatoms. The molecule has 0 heterocycles. The fourth-order valence-corrected chi connectivity index (χ4v) is 3.15. The molecule has 0 spiro atoms. The van der Waals surface area contributed by atoms with Crippen LogP contribution in [0.3, 0.4) is 0 Å². The van der Waals surface area contributed by atoms with E-state index in [1.807, 2.05) is 43.3 Å². The molecule has 0 aliphatic heterocycles. The van der Waals surface area contributed by atoms with Crippen LogP contribution in [0.4, 0.5) is 0 Å². The second-order valence-electron chi connectivity index (χ2n) is 6.22. The van der Waals surface area contributed by atoms with Gasteiger partial charge < -0.3 is 25.2 Å². The van der Waals surface area contributed by atoms with Crippen LogP contribution >= 0.6 is 23.2 Å². The molecule has 0 aliphatic rings. The van der Waals surface area contributed by atoms with Crippen LogP contribution in [-0.2, 0) is 13.2 Å². The van der Waals surface area contributed by atoms with Crippen molar-refractivity contribution in [2.24, 2.45) is 0 Å². The molecule has 0 aliphatic carbocycles. The molecule has 5 nitrogen and oxygen atoms in total. The van der Waals surface area contributed by atoms with Crippen LogP contribution in [0.2, 0.25) is 10.0 Å². The summed E-state index contributed by atoms with van der Waals surface area (Å²) in [4.78, 5) is 0. The monoisotopic (exact) mass is 426 g/mol. The minimum atomic E-state index is 0.164. The van der Waals surface area contributed by atoms with Gasteiger partial charge in [-0.3, -0.25) is 0 Å². The van der Waals surface area contributed by atoms with E-state index in [1.54, 1.807) is 0 Å². The molecule has 0 bridgehead atoms. The van der Waals surface area contributed by atoms with E-state index in [0.717, 1.165) is 30.6 Å². The minimum Gasteiger partial charge on any atom is -0.490 e. The number of benzene rings is 2. The predicted molar refractivity (Wildman–Crippen MR) is 115 cm³/mol. The summed E-state index contributed by atoms with van der Waals surface area (Å²) in [7, 11) is 0. The first kappa shape index (κ1) is 22.8. The van der Waals surface area contributed by atoms with Gasteiger partial charge in [-0.2, -0.15) is 0 Å². The first-order valence-electron chi connectivity index (χ1n) is 9.49. The van der Waals surface area contributed by atoms with Gasteiger partial charge in [0, 0.05) is 23.7 Å². The summed E-state index contributed by atoms with van der Waals surface area (Å²) < 4.78 is 11.7. The van der Waals surface area contributed by atoms with Gasteiger partial charge in [-0.1, -0.05) is 41.4 Å². The van der Waals surface area contributed by atoms with Crippen LogP contribution in [0.5, 0.6) is 11.5 Å². The van der Waals surface area contributed by atoms with Crippen molar-refractivity contribution in [2.75, 3.05) is 32.8 Å². The van der Waals surface area contributed by atoms with E-state index < -0.39 is 0 Å². The average molecular weight is 427 g/mol. The van der Waals surface area contributed by atoms with Crippen molar-refractivity contribution >= 4 is 23.2 Å². The van der Waals surface area contributed by atoms with Gasteiger partial charge in [-0.15, -0.1) is 0 Å². The van der Waals surface area contributed by atoms with Crippen molar-refractivity contribution in [1.82, 2.24) is 10.6 Å². The van der Waals surface area contributed by atoms with Crippen molar-refractivity contribution in [1.29, 1.82) is 0 Å². The molecule has 0 radical (unpaired) electrons. The fraction of sp³-hybridized carbons (Fsp3) is 0.429. The third kappa shape index (κ3) is 7.49. The zero-order valence-electron chi connectivity index (χ0n) is 16.1. The lowest BCUT2D eigenvalue weighted by Gasteiger charge is -2.16. The highest BCUT2D eigenvalue weighted by Gasteiger charge is 2.13. The Morgan fingerprint density at radius 1 is 0.964 bits per heavy atom. The van der Waals surface area contributed by atoms with Gasteiger partial charge in [-0.25, -0.2) is 0 Å². The highest BCUT2D eigenvalue weighted by Crippen LogP contribution is 2.37. The molecule has 0 fully saturated rings. The molecule has 0 atom stereocenters. The highest BCUT2D eigenvalue weighted by molar-refractivity contribution is 6.32. The summed E-state index contributed by atoms with van der Waals surface area (Å²) in [5.41, 5.74) is 1.92. The van der Waals surface area contributed by atoms with E-state index in [1.165, 1.54) is 0 Å². The molecule has 2 aromatic carbocycles. The second-order valence-corrected chi connectivity index (χ2v) is 7.04. The number of hydrogen-bond donors (Lipinski definition) is 3. The smallest absolute Gasteiger partial charge is 0.180 e. The molecule has 0 saturated carbocycles. The molecule has 0 aromatic heterocycles. The largest absolute Gasteiger partial charge is 0.490 e. The van der Waals surface area contributed by atoms with E-state index in [-0.39, 0.29) is 6.61 Å². The van der Waals surface area contributed by atoms with Crippen LogP contribution in [0.25, 0.3) is 0 Å². The fourth-order valence-electron chi connectivity index (χ4n) is 2.67. The number of aliphatic hydroxyl groups excluding tert-OH is 1. The third-order valence-electron chi connectivity index (χ3n) is 4.02. The summed E-state index contributed by atoms with van der Waals surface area (Å²) in [6.45, 7) is 5.98. The summed E-state index contributed by atoms with van der Waals surface area (Å²) in [5, 5.41) is 16.4. The standard InChI is InChI=1S/C21H28Cl2N2O3/c1-2-27-20-13-16(14-25-9-5-8-24-10-11-26)12-19(23)21(20)28-15-17-6-3-4-7-18(17)22/h3-4,6-7,12-13,24-26H,2,5,8-11,14-15H2,1H3. The van der Waals surface area contributed by atoms with Crippen LogP contribution < -0.4 is 20.1 Å². The van der Waals surface area contributed by atoms with Crippen LogP contribution in [0, 0.1) is 0 Å². The molecule has 2 aromatic rings. The van der Waals surface area contributed by atoms with Crippen molar-refractivity contribution in [3.05, 3.63) is 57.6 Å². The van der Waals surface area contributed by atoms with Gasteiger partial charge in [0.05, 0.1) is 18.2 Å². The molecular formula is C21H28Cl2N2O3.